The molecule has 3 atom stereocenters. The quantitative estimate of drug-likeness (QED) is 0.680. The normalized spacial score (nSPS) is 26.6. The Kier molecular flexibility index (Phi) is 4.14. The number of carbonyl (C=O) groups is 2. The van der Waals surface area contributed by atoms with Gasteiger partial charge < -0.3 is 16.2 Å². The van der Waals surface area contributed by atoms with Crippen molar-refractivity contribution in [3.05, 3.63) is 0 Å². The first kappa shape index (κ1) is 14.0. The minimum absolute atomic E-state index is 0.0444. The standard InChI is InChI=1S/C12H22N2O3/c1-12(2,3)9(13)10(15)14-8-5-4-7(6-8)11(16)17/h7-9H,4-6,13H2,1-3H3,(H,14,15)(H,16,17)/t7?,8?,9-/m1/s1. The summed E-state index contributed by atoms with van der Waals surface area (Å²) in [5, 5.41) is 11.7. The summed E-state index contributed by atoms with van der Waals surface area (Å²) in [6, 6.07) is -0.608. The van der Waals surface area contributed by atoms with E-state index in [1.54, 1.807) is 0 Å². The molecule has 0 bridgehead atoms. The van der Waals surface area contributed by atoms with Gasteiger partial charge in [0.25, 0.3) is 0 Å². The zero-order valence-corrected chi connectivity index (χ0v) is 10.7. The average Bonchev–Trinajstić information content (AvgIpc) is 2.63. The number of rotatable bonds is 3. The Labute approximate surface area is 102 Å². The van der Waals surface area contributed by atoms with Crippen LogP contribution in [0.2, 0.25) is 0 Å². The fourth-order valence-electron chi connectivity index (χ4n) is 2.02. The van der Waals surface area contributed by atoms with Crippen molar-refractivity contribution in [2.75, 3.05) is 0 Å². The lowest BCUT2D eigenvalue weighted by Crippen LogP contribution is -2.51. The van der Waals surface area contributed by atoms with E-state index in [2.05, 4.69) is 5.32 Å². The van der Waals surface area contributed by atoms with E-state index < -0.39 is 12.0 Å². The SMILES string of the molecule is CC(C)(C)[C@H](N)C(=O)NC1CCC(C(=O)O)C1. The maximum absolute atomic E-state index is 11.8. The third-order valence-electron chi connectivity index (χ3n) is 3.34. The number of nitrogens with two attached hydrogens (primary N) is 1. The molecule has 0 saturated heterocycles. The predicted molar refractivity (Wildman–Crippen MR) is 64.3 cm³/mol. The van der Waals surface area contributed by atoms with Crippen LogP contribution in [0.25, 0.3) is 0 Å². The van der Waals surface area contributed by atoms with Crippen LogP contribution in [0.5, 0.6) is 0 Å². The Morgan fingerprint density at radius 2 is 1.94 bits per heavy atom. The molecule has 1 aliphatic rings. The summed E-state index contributed by atoms with van der Waals surface area (Å²) in [7, 11) is 0. The van der Waals surface area contributed by atoms with Crippen LogP contribution in [0, 0.1) is 11.3 Å². The summed E-state index contributed by atoms with van der Waals surface area (Å²) in [6.07, 6.45) is 1.86. The Hall–Kier alpha value is -1.10. The van der Waals surface area contributed by atoms with E-state index in [1.807, 2.05) is 20.8 Å². The Bertz CT molecular complexity index is 309. The van der Waals surface area contributed by atoms with E-state index in [9.17, 15) is 9.59 Å². The monoisotopic (exact) mass is 242 g/mol. The second kappa shape index (κ2) is 5.04. The van der Waals surface area contributed by atoms with Crippen LogP contribution in [0.3, 0.4) is 0 Å². The zero-order valence-electron chi connectivity index (χ0n) is 10.7. The van der Waals surface area contributed by atoms with Crippen molar-refractivity contribution in [1.29, 1.82) is 0 Å². The molecule has 1 saturated carbocycles. The molecule has 0 aromatic carbocycles. The van der Waals surface area contributed by atoms with Crippen LogP contribution in [0.15, 0.2) is 0 Å². The molecule has 0 heterocycles. The van der Waals surface area contributed by atoms with Gasteiger partial charge in [-0.05, 0) is 24.7 Å². The summed E-state index contributed by atoms with van der Waals surface area (Å²) < 4.78 is 0. The summed E-state index contributed by atoms with van der Waals surface area (Å²) >= 11 is 0. The van der Waals surface area contributed by atoms with Crippen LogP contribution in [0.1, 0.15) is 40.0 Å². The van der Waals surface area contributed by atoms with Crippen molar-refractivity contribution in [3.8, 4) is 0 Å². The first-order valence-electron chi connectivity index (χ1n) is 6.00. The number of carboxylic acid groups (broad SMARTS) is 1. The highest BCUT2D eigenvalue weighted by Gasteiger charge is 2.33. The van der Waals surface area contributed by atoms with E-state index in [4.69, 9.17) is 10.8 Å². The van der Waals surface area contributed by atoms with Gasteiger partial charge >= 0.3 is 5.97 Å². The zero-order chi connectivity index (χ0) is 13.2. The van der Waals surface area contributed by atoms with E-state index in [-0.39, 0.29) is 23.3 Å². The highest BCUT2D eigenvalue weighted by Crippen LogP contribution is 2.26. The first-order valence-corrected chi connectivity index (χ1v) is 6.00. The minimum Gasteiger partial charge on any atom is -0.481 e. The Morgan fingerprint density at radius 3 is 2.35 bits per heavy atom. The molecular weight excluding hydrogens is 220 g/mol. The number of aliphatic carboxylic acids is 1. The molecule has 0 aromatic heterocycles. The minimum atomic E-state index is -0.776. The molecule has 1 rings (SSSR count). The Balaban J connectivity index is 2.46. The van der Waals surface area contributed by atoms with Gasteiger partial charge in [0.2, 0.25) is 5.91 Å². The second-order valence-electron chi connectivity index (χ2n) is 5.90. The third kappa shape index (κ3) is 3.70. The first-order chi connectivity index (χ1) is 7.71. The number of carbonyl (C=O) groups excluding carboxylic acids is 1. The lowest BCUT2D eigenvalue weighted by atomic mass is 9.87. The molecule has 1 amide bonds. The largest absolute Gasteiger partial charge is 0.481 e. The summed E-state index contributed by atoms with van der Waals surface area (Å²) in [5.74, 6) is -1.29. The van der Waals surface area contributed by atoms with Crippen molar-refractivity contribution < 1.29 is 14.7 Å². The van der Waals surface area contributed by atoms with Gasteiger partial charge in [-0.3, -0.25) is 9.59 Å². The maximum atomic E-state index is 11.8. The summed E-state index contributed by atoms with van der Waals surface area (Å²) in [5.41, 5.74) is 5.56. The van der Waals surface area contributed by atoms with Crippen LogP contribution < -0.4 is 11.1 Å². The van der Waals surface area contributed by atoms with Gasteiger partial charge in [-0.1, -0.05) is 20.8 Å². The molecule has 17 heavy (non-hydrogen) atoms. The molecular formula is C12H22N2O3. The molecule has 0 aromatic rings. The van der Waals surface area contributed by atoms with E-state index in [1.165, 1.54) is 0 Å². The Morgan fingerprint density at radius 1 is 1.35 bits per heavy atom. The molecule has 0 radical (unpaired) electrons. The summed E-state index contributed by atoms with van der Waals surface area (Å²) in [6.45, 7) is 5.73. The van der Waals surface area contributed by atoms with Gasteiger partial charge in [-0.15, -0.1) is 0 Å². The fourth-order valence-corrected chi connectivity index (χ4v) is 2.02. The number of amides is 1. The van der Waals surface area contributed by atoms with Gasteiger partial charge in [-0.2, -0.15) is 0 Å². The van der Waals surface area contributed by atoms with Crippen molar-refractivity contribution in [2.24, 2.45) is 17.1 Å². The number of hydrogen-bond donors (Lipinski definition) is 3. The number of hydrogen-bond acceptors (Lipinski definition) is 3. The fraction of sp³-hybridized carbons (Fsp3) is 0.833. The molecule has 98 valence electrons. The third-order valence-corrected chi connectivity index (χ3v) is 3.34. The maximum Gasteiger partial charge on any atom is 0.306 e. The van der Waals surface area contributed by atoms with E-state index in [0.29, 0.717) is 12.8 Å². The van der Waals surface area contributed by atoms with Gasteiger partial charge in [-0.25, -0.2) is 0 Å². The summed E-state index contributed by atoms with van der Waals surface area (Å²) in [4.78, 5) is 22.6. The van der Waals surface area contributed by atoms with E-state index in [0.717, 1.165) is 6.42 Å². The smallest absolute Gasteiger partial charge is 0.306 e. The molecule has 5 nitrogen and oxygen atoms in total. The highest BCUT2D eigenvalue weighted by molar-refractivity contribution is 5.82. The van der Waals surface area contributed by atoms with E-state index >= 15 is 0 Å². The van der Waals surface area contributed by atoms with Crippen LogP contribution in [-0.4, -0.2) is 29.1 Å². The van der Waals surface area contributed by atoms with Gasteiger partial charge in [0.15, 0.2) is 0 Å². The molecule has 5 heteroatoms. The van der Waals surface area contributed by atoms with Gasteiger partial charge in [0, 0.05) is 6.04 Å². The lowest BCUT2D eigenvalue weighted by Gasteiger charge is -2.27. The molecule has 1 fully saturated rings. The topological polar surface area (TPSA) is 92.4 Å². The van der Waals surface area contributed by atoms with Crippen LogP contribution >= 0.6 is 0 Å². The number of nitrogens with one attached hydrogen (secondary N) is 1. The van der Waals surface area contributed by atoms with Gasteiger partial charge in [0.1, 0.15) is 0 Å². The molecule has 0 spiro atoms. The molecule has 0 aliphatic heterocycles. The van der Waals surface area contributed by atoms with Crippen LogP contribution in [-0.2, 0) is 9.59 Å². The van der Waals surface area contributed by atoms with Crippen molar-refractivity contribution in [2.45, 2.75) is 52.1 Å². The second-order valence-corrected chi connectivity index (χ2v) is 5.90. The predicted octanol–water partition coefficient (Wildman–Crippen LogP) is 0.729. The number of carboxylic acids is 1. The highest BCUT2D eigenvalue weighted by atomic mass is 16.4. The molecule has 4 N–H and O–H groups in total. The van der Waals surface area contributed by atoms with Crippen molar-refractivity contribution >= 4 is 11.9 Å². The lowest BCUT2D eigenvalue weighted by molar-refractivity contribution is -0.141. The van der Waals surface area contributed by atoms with Crippen molar-refractivity contribution in [1.82, 2.24) is 5.32 Å². The van der Waals surface area contributed by atoms with Crippen LogP contribution in [0.4, 0.5) is 0 Å². The average molecular weight is 242 g/mol. The van der Waals surface area contributed by atoms with Gasteiger partial charge in [0.05, 0.1) is 12.0 Å². The molecule has 2 unspecified atom stereocenters. The van der Waals surface area contributed by atoms with Crippen molar-refractivity contribution in [3.63, 3.8) is 0 Å². The molecule has 1 aliphatic carbocycles.